The van der Waals surface area contributed by atoms with Crippen LogP contribution in [0.3, 0.4) is 0 Å². The summed E-state index contributed by atoms with van der Waals surface area (Å²) in [5.41, 5.74) is -0.00805. The van der Waals surface area contributed by atoms with Crippen LogP contribution in [0.25, 0.3) is 0 Å². The van der Waals surface area contributed by atoms with Crippen LogP contribution in [0.2, 0.25) is 0 Å². The summed E-state index contributed by atoms with van der Waals surface area (Å²) in [6.45, 7) is 2.94. The lowest BCUT2D eigenvalue weighted by atomic mass is 9.89. The minimum absolute atomic E-state index is 0.00984. The molecule has 1 saturated carbocycles. The van der Waals surface area contributed by atoms with Crippen LogP contribution in [0, 0.1) is 0 Å². The number of hydrogen-bond donors (Lipinski definition) is 1. The van der Waals surface area contributed by atoms with Gasteiger partial charge in [0.2, 0.25) is 0 Å². The highest BCUT2D eigenvalue weighted by Gasteiger charge is 2.38. The molecule has 1 aliphatic rings. The zero-order chi connectivity index (χ0) is 13.9. The highest BCUT2D eigenvalue weighted by molar-refractivity contribution is 5.34. The predicted octanol–water partition coefficient (Wildman–Crippen LogP) is 4.34. The van der Waals surface area contributed by atoms with Crippen LogP contribution in [0.4, 0.5) is 13.2 Å². The Morgan fingerprint density at radius 3 is 2.63 bits per heavy atom. The maximum atomic E-state index is 13.1. The van der Waals surface area contributed by atoms with E-state index in [1.54, 1.807) is 12.1 Å². The summed E-state index contributed by atoms with van der Waals surface area (Å²) >= 11 is 0. The summed E-state index contributed by atoms with van der Waals surface area (Å²) in [5.74, 6) is -0.00984. The monoisotopic (exact) mass is 271 g/mol. The second kappa shape index (κ2) is 5.95. The van der Waals surface area contributed by atoms with Crippen LogP contribution in [0.15, 0.2) is 24.3 Å². The van der Waals surface area contributed by atoms with Crippen molar-refractivity contribution in [3.63, 3.8) is 0 Å². The van der Waals surface area contributed by atoms with E-state index in [4.69, 9.17) is 0 Å². The Morgan fingerprint density at radius 2 is 1.95 bits per heavy atom. The molecule has 0 amide bonds. The SMILES string of the molecule is CCCNC1CCCC1c1ccccc1C(F)(F)F. The number of nitrogens with one attached hydrogen (secondary N) is 1. The molecule has 1 nitrogen and oxygen atoms in total. The highest BCUT2D eigenvalue weighted by atomic mass is 19.4. The molecule has 1 N–H and O–H groups in total. The van der Waals surface area contributed by atoms with E-state index >= 15 is 0 Å². The first kappa shape index (κ1) is 14.4. The first-order chi connectivity index (χ1) is 9.04. The van der Waals surface area contributed by atoms with Gasteiger partial charge in [0, 0.05) is 6.04 Å². The molecule has 106 valence electrons. The largest absolute Gasteiger partial charge is 0.416 e. The average molecular weight is 271 g/mol. The highest BCUT2D eigenvalue weighted by Crippen LogP contribution is 2.41. The third-order valence-corrected chi connectivity index (χ3v) is 3.84. The summed E-state index contributed by atoms with van der Waals surface area (Å²) < 4.78 is 39.2. The zero-order valence-electron chi connectivity index (χ0n) is 11.1. The van der Waals surface area contributed by atoms with Crippen LogP contribution in [0.1, 0.15) is 49.7 Å². The van der Waals surface area contributed by atoms with E-state index in [0.717, 1.165) is 32.2 Å². The molecular weight excluding hydrogens is 251 g/mol. The van der Waals surface area contributed by atoms with Gasteiger partial charge >= 0.3 is 6.18 Å². The van der Waals surface area contributed by atoms with Crippen LogP contribution in [-0.2, 0) is 6.18 Å². The summed E-state index contributed by atoms with van der Waals surface area (Å²) in [6.07, 6.45) is -0.442. The van der Waals surface area contributed by atoms with Crippen LogP contribution < -0.4 is 5.32 Å². The van der Waals surface area contributed by atoms with Crippen molar-refractivity contribution < 1.29 is 13.2 Å². The molecule has 0 radical (unpaired) electrons. The quantitative estimate of drug-likeness (QED) is 0.859. The molecular formula is C15H20F3N. The van der Waals surface area contributed by atoms with Gasteiger partial charge in [-0.2, -0.15) is 13.2 Å². The van der Waals surface area contributed by atoms with E-state index in [9.17, 15) is 13.2 Å². The summed E-state index contributed by atoms with van der Waals surface area (Å²) in [7, 11) is 0. The molecule has 0 saturated heterocycles. The standard InChI is InChI=1S/C15H20F3N/c1-2-10-19-14-9-5-7-12(14)11-6-3-4-8-13(11)15(16,17)18/h3-4,6,8,12,14,19H,2,5,7,9-10H2,1H3. The number of rotatable bonds is 4. The van der Waals surface area contributed by atoms with Crippen molar-refractivity contribution in [3.8, 4) is 0 Å². The van der Waals surface area contributed by atoms with E-state index in [1.807, 2.05) is 0 Å². The molecule has 19 heavy (non-hydrogen) atoms. The molecule has 0 aromatic heterocycles. The minimum atomic E-state index is -4.26. The smallest absolute Gasteiger partial charge is 0.313 e. The van der Waals surface area contributed by atoms with Crippen molar-refractivity contribution in [1.82, 2.24) is 5.32 Å². The molecule has 1 aliphatic carbocycles. The number of halogens is 3. The summed E-state index contributed by atoms with van der Waals surface area (Å²) in [4.78, 5) is 0. The van der Waals surface area contributed by atoms with Crippen LogP contribution >= 0.6 is 0 Å². The Labute approximate surface area is 112 Å². The molecule has 0 heterocycles. The zero-order valence-corrected chi connectivity index (χ0v) is 11.1. The Hall–Kier alpha value is -1.03. The van der Waals surface area contributed by atoms with Gasteiger partial charge < -0.3 is 5.32 Å². The predicted molar refractivity (Wildman–Crippen MR) is 70.1 cm³/mol. The lowest BCUT2D eigenvalue weighted by Gasteiger charge is -2.24. The third-order valence-electron chi connectivity index (χ3n) is 3.84. The molecule has 2 atom stereocenters. The Morgan fingerprint density at radius 1 is 1.21 bits per heavy atom. The summed E-state index contributed by atoms with van der Waals surface area (Å²) in [6, 6.07) is 6.20. The van der Waals surface area contributed by atoms with Gasteiger partial charge in [0.05, 0.1) is 5.56 Å². The van der Waals surface area contributed by atoms with Crippen molar-refractivity contribution in [2.75, 3.05) is 6.54 Å². The average Bonchev–Trinajstić information content (AvgIpc) is 2.83. The molecule has 1 fully saturated rings. The van der Waals surface area contributed by atoms with E-state index < -0.39 is 11.7 Å². The van der Waals surface area contributed by atoms with E-state index in [2.05, 4.69) is 12.2 Å². The van der Waals surface area contributed by atoms with Crippen molar-refractivity contribution in [1.29, 1.82) is 0 Å². The normalized spacial score (nSPS) is 23.8. The fraction of sp³-hybridized carbons (Fsp3) is 0.600. The van der Waals surface area contributed by atoms with Crippen molar-refractivity contribution >= 4 is 0 Å². The second-order valence-electron chi connectivity index (χ2n) is 5.18. The lowest BCUT2D eigenvalue weighted by molar-refractivity contribution is -0.138. The minimum Gasteiger partial charge on any atom is -0.313 e. The van der Waals surface area contributed by atoms with Crippen molar-refractivity contribution in [3.05, 3.63) is 35.4 Å². The lowest BCUT2D eigenvalue weighted by Crippen LogP contribution is -2.32. The molecule has 1 aromatic rings. The number of benzene rings is 1. The van der Waals surface area contributed by atoms with Gasteiger partial charge in [0.1, 0.15) is 0 Å². The van der Waals surface area contributed by atoms with E-state index in [0.29, 0.717) is 5.56 Å². The van der Waals surface area contributed by atoms with Gasteiger partial charge in [0.25, 0.3) is 0 Å². The van der Waals surface area contributed by atoms with Gasteiger partial charge in [-0.3, -0.25) is 0 Å². The Kier molecular flexibility index (Phi) is 4.50. The molecule has 4 heteroatoms. The first-order valence-electron chi connectivity index (χ1n) is 6.93. The van der Waals surface area contributed by atoms with E-state index in [1.165, 1.54) is 12.1 Å². The first-order valence-corrected chi connectivity index (χ1v) is 6.93. The van der Waals surface area contributed by atoms with Gasteiger partial charge in [-0.1, -0.05) is 31.5 Å². The van der Waals surface area contributed by atoms with E-state index in [-0.39, 0.29) is 12.0 Å². The fourth-order valence-corrected chi connectivity index (χ4v) is 2.98. The van der Waals surface area contributed by atoms with Crippen LogP contribution in [-0.4, -0.2) is 12.6 Å². The third kappa shape index (κ3) is 3.30. The van der Waals surface area contributed by atoms with Gasteiger partial charge in [0.15, 0.2) is 0 Å². The van der Waals surface area contributed by atoms with Gasteiger partial charge in [-0.05, 0) is 43.4 Å². The molecule has 1 aromatic carbocycles. The maximum Gasteiger partial charge on any atom is 0.416 e. The fourth-order valence-electron chi connectivity index (χ4n) is 2.98. The van der Waals surface area contributed by atoms with Crippen molar-refractivity contribution in [2.24, 2.45) is 0 Å². The molecule has 2 rings (SSSR count). The number of hydrogen-bond acceptors (Lipinski definition) is 1. The van der Waals surface area contributed by atoms with Crippen LogP contribution in [0.5, 0.6) is 0 Å². The molecule has 0 spiro atoms. The Balaban J connectivity index is 2.25. The van der Waals surface area contributed by atoms with Gasteiger partial charge in [-0.25, -0.2) is 0 Å². The molecule has 0 aliphatic heterocycles. The topological polar surface area (TPSA) is 12.0 Å². The van der Waals surface area contributed by atoms with Crippen molar-refractivity contribution in [2.45, 2.75) is 50.7 Å². The molecule has 2 unspecified atom stereocenters. The molecule has 0 bridgehead atoms. The maximum absolute atomic E-state index is 13.1. The number of alkyl halides is 3. The second-order valence-corrected chi connectivity index (χ2v) is 5.18. The Bertz CT molecular complexity index is 414. The van der Waals surface area contributed by atoms with Gasteiger partial charge in [-0.15, -0.1) is 0 Å². The summed E-state index contributed by atoms with van der Waals surface area (Å²) in [5, 5.41) is 3.39.